The van der Waals surface area contributed by atoms with Crippen molar-refractivity contribution in [2.75, 3.05) is 11.8 Å². The molecule has 0 radical (unpaired) electrons. The first-order chi connectivity index (χ1) is 9.81. The van der Waals surface area contributed by atoms with E-state index in [0.29, 0.717) is 5.69 Å². The molecule has 0 unspecified atom stereocenters. The van der Waals surface area contributed by atoms with Crippen LogP contribution >= 0.6 is 0 Å². The minimum atomic E-state index is -3.99. The second-order valence-electron chi connectivity index (χ2n) is 4.04. The second-order valence-corrected chi connectivity index (χ2v) is 5.72. The van der Waals surface area contributed by atoms with Gasteiger partial charge >= 0.3 is 5.97 Å². The number of carboxylic acids is 1. The van der Waals surface area contributed by atoms with Crippen molar-refractivity contribution in [1.29, 1.82) is 0 Å². The Morgan fingerprint density at radius 3 is 2.67 bits per heavy atom. The second kappa shape index (κ2) is 5.40. The van der Waals surface area contributed by atoms with Crippen molar-refractivity contribution < 1.29 is 23.1 Å². The number of aromatic amines is 1. The van der Waals surface area contributed by atoms with E-state index >= 15 is 0 Å². The van der Waals surface area contributed by atoms with Gasteiger partial charge in [0.1, 0.15) is 10.6 Å². The monoisotopic (exact) mass is 312 g/mol. The van der Waals surface area contributed by atoms with Gasteiger partial charge < -0.3 is 14.8 Å². The molecule has 0 saturated heterocycles. The molecular formula is C11H12N4O5S. The van der Waals surface area contributed by atoms with E-state index in [1.54, 1.807) is 6.92 Å². The van der Waals surface area contributed by atoms with E-state index in [0.717, 1.165) is 12.3 Å². The highest BCUT2D eigenvalue weighted by molar-refractivity contribution is 7.92. The molecule has 2 aromatic heterocycles. The fourth-order valence-electron chi connectivity index (χ4n) is 1.52. The minimum Gasteiger partial charge on any atom is -0.481 e. The number of carboxylic acid groups (broad SMARTS) is 1. The Balaban J connectivity index is 2.32. The Labute approximate surface area is 120 Å². The topological polar surface area (TPSA) is 134 Å². The Morgan fingerprint density at radius 2 is 2.10 bits per heavy atom. The molecule has 0 aliphatic carbocycles. The standard InChI is InChI=1S/C11H12N4O5S/c1-6-3-9(20-2)14-11(13-6)15-21(18,19)7-4-8(10(16)17)12-5-7/h3-5,12H,1-2H3,(H,16,17)(H,13,14,15). The first-order valence-electron chi connectivity index (χ1n) is 5.66. The predicted molar refractivity (Wildman–Crippen MR) is 71.9 cm³/mol. The molecule has 0 aliphatic rings. The predicted octanol–water partition coefficient (Wildman–Crippen LogP) is 0.621. The molecule has 0 aromatic carbocycles. The Morgan fingerprint density at radius 1 is 1.38 bits per heavy atom. The SMILES string of the molecule is COc1cc(C)nc(NS(=O)(=O)c2c[nH]c(C(=O)O)c2)n1. The maximum atomic E-state index is 12.1. The third-order valence-corrected chi connectivity index (χ3v) is 3.77. The van der Waals surface area contributed by atoms with E-state index in [1.807, 2.05) is 0 Å². The summed E-state index contributed by atoms with van der Waals surface area (Å²) in [5.74, 6) is -1.21. The maximum Gasteiger partial charge on any atom is 0.352 e. The lowest BCUT2D eigenvalue weighted by Crippen LogP contribution is -2.15. The summed E-state index contributed by atoms with van der Waals surface area (Å²) in [7, 11) is -2.60. The number of aromatic carboxylic acids is 1. The van der Waals surface area contributed by atoms with E-state index in [9.17, 15) is 13.2 Å². The number of hydrogen-bond donors (Lipinski definition) is 3. The van der Waals surface area contributed by atoms with Crippen LogP contribution in [0.2, 0.25) is 0 Å². The minimum absolute atomic E-state index is 0.162. The van der Waals surface area contributed by atoms with E-state index in [-0.39, 0.29) is 22.4 Å². The summed E-state index contributed by atoms with van der Waals surface area (Å²) in [5, 5.41) is 8.77. The summed E-state index contributed by atoms with van der Waals surface area (Å²) < 4.78 is 31.3. The number of nitrogens with one attached hydrogen (secondary N) is 2. The summed E-state index contributed by atoms with van der Waals surface area (Å²) in [6, 6.07) is 2.54. The molecule has 2 aromatic rings. The molecule has 0 aliphatic heterocycles. The van der Waals surface area contributed by atoms with Gasteiger partial charge in [0, 0.05) is 18.0 Å². The number of carbonyl (C=O) groups is 1. The molecule has 0 atom stereocenters. The van der Waals surface area contributed by atoms with E-state index in [2.05, 4.69) is 19.7 Å². The fourth-order valence-corrected chi connectivity index (χ4v) is 2.46. The van der Waals surface area contributed by atoms with Gasteiger partial charge in [-0.1, -0.05) is 0 Å². The van der Waals surface area contributed by atoms with Crippen LogP contribution in [0.3, 0.4) is 0 Å². The zero-order valence-corrected chi connectivity index (χ0v) is 11.9. The number of methoxy groups -OCH3 is 1. The first kappa shape index (κ1) is 14.8. The molecule has 3 N–H and O–H groups in total. The number of anilines is 1. The highest BCUT2D eigenvalue weighted by atomic mass is 32.2. The molecule has 0 fully saturated rings. The number of aromatic nitrogens is 3. The zero-order chi connectivity index (χ0) is 15.6. The van der Waals surface area contributed by atoms with Gasteiger partial charge in [-0.3, -0.25) is 0 Å². The molecular weight excluding hydrogens is 300 g/mol. The first-order valence-corrected chi connectivity index (χ1v) is 7.14. The number of rotatable bonds is 5. The van der Waals surface area contributed by atoms with Gasteiger partial charge in [-0.15, -0.1) is 0 Å². The Bertz CT molecular complexity index is 784. The largest absolute Gasteiger partial charge is 0.481 e. The van der Waals surface area contributed by atoms with Crippen molar-refractivity contribution in [2.24, 2.45) is 0 Å². The van der Waals surface area contributed by atoms with E-state index in [1.165, 1.54) is 13.2 Å². The number of nitrogens with zero attached hydrogens (tertiary/aromatic N) is 2. The van der Waals surface area contributed by atoms with Crippen LogP contribution in [0, 0.1) is 6.92 Å². The maximum absolute atomic E-state index is 12.1. The van der Waals surface area contributed by atoms with Crippen LogP contribution in [0.5, 0.6) is 5.88 Å². The van der Waals surface area contributed by atoms with Crippen LogP contribution in [0.4, 0.5) is 5.95 Å². The van der Waals surface area contributed by atoms with E-state index in [4.69, 9.17) is 9.84 Å². The quantitative estimate of drug-likeness (QED) is 0.736. The number of H-pyrrole nitrogens is 1. The molecule has 10 heteroatoms. The van der Waals surface area contributed by atoms with Gasteiger partial charge in [-0.2, -0.15) is 4.98 Å². The van der Waals surface area contributed by atoms with Gasteiger partial charge in [0.15, 0.2) is 0 Å². The normalized spacial score (nSPS) is 11.1. The highest BCUT2D eigenvalue weighted by Crippen LogP contribution is 2.17. The molecule has 9 nitrogen and oxygen atoms in total. The van der Waals surface area contributed by atoms with Crippen LogP contribution in [0.1, 0.15) is 16.2 Å². The summed E-state index contributed by atoms with van der Waals surface area (Å²) >= 11 is 0. The number of ether oxygens (including phenoxy) is 1. The molecule has 0 saturated carbocycles. The lowest BCUT2D eigenvalue weighted by molar-refractivity contribution is 0.0691. The molecule has 2 rings (SSSR count). The summed E-state index contributed by atoms with van der Waals surface area (Å²) in [5.41, 5.74) is 0.276. The number of aryl methyl sites for hydroxylation is 1. The third kappa shape index (κ3) is 3.28. The Hall–Kier alpha value is -2.62. The van der Waals surface area contributed by atoms with Crippen LogP contribution in [-0.2, 0) is 10.0 Å². The lowest BCUT2D eigenvalue weighted by Gasteiger charge is -2.07. The summed E-state index contributed by atoms with van der Waals surface area (Å²) in [6.45, 7) is 1.65. The van der Waals surface area contributed by atoms with Crippen LogP contribution in [0.25, 0.3) is 0 Å². The molecule has 112 valence electrons. The zero-order valence-electron chi connectivity index (χ0n) is 11.1. The van der Waals surface area contributed by atoms with Crippen molar-refractivity contribution in [3.05, 3.63) is 29.7 Å². The molecule has 0 amide bonds. The smallest absolute Gasteiger partial charge is 0.352 e. The lowest BCUT2D eigenvalue weighted by atomic mass is 10.4. The van der Waals surface area contributed by atoms with Crippen molar-refractivity contribution in [2.45, 2.75) is 11.8 Å². The van der Waals surface area contributed by atoms with Crippen LogP contribution in [-0.4, -0.2) is 41.6 Å². The van der Waals surface area contributed by atoms with Gasteiger partial charge in [0.2, 0.25) is 11.8 Å². The fraction of sp³-hybridized carbons (Fsp3) is 0.182. The Kier molecular flexibility index (Phi) is 3.80. The van der Waals surface area contributed by atoms with E-state index < -0.39 is 16.0 Å². The van der Waals surface area contributed by atoms with Crippen LogP contribution in [0.15, 0.2) is 23.2 Å². The van der Waals surface area contributed by atoms with Crippen LogP contribution < -0.4 is 9.46 Å². The molecule has 0 bridgehead atoms. The van der Waals surface area contributed by atoms with Crippen molar-refractivity contribution in [1.82, 2.24) is 15.0 Å². The summed E-state index contributed by atoms with van der Waals surface area (Å²) in [4.78, 5) is 20.6. The average molecular weight is 312 g/mol. The van der Waals surface area contributed by atoms with Gasteiger partial charge in [-0.25, -0.2) is 22.9 Å². The van der Waals surface area contributed by atoms with Gasteiger partial charge in [-0.05, 0) is 13.0 Å². The highest BCUT2D eigenvalue weighted by Gasteiger charge is 2.20. The molecule has 21 heavy (non-hydrogen) atoms. The van der Waals surface area contributed by atoms with Gasteiger partial charge in [0.05, 0.1) is 7.11 Å². The number of sulfonamides is 1. The van der Waals surface area contributed by atoms with Crippen molar-refractivity contribution in [3.63, 3.8) is 0 Å². The molecule has 0 spiro atoms. The average Bonchev–Trinajstić information content (AvgIpc) is 2.87. The number of hydrogen-bond acceptors (Lipinski definition) is 6. The molecule has 2 heterocycles. The van der Waals surface area contributed by atoms with Crippen molar-refractivity contribution in [3.8, 4) is 5.88 Å². The van der Waals surface area contributed by atoms with Gasteiger partial charge in [0.25, 0.3) is 10.0 Å². The summed E-state index contributed by atoms with van der Waals surface area (Å²) in [6.07, 6.45) is 1.07. The third-order valence-electron chi connectivity index (χ3n) is 2.46. The van der Waals surface area contributed by atoms with Crippen molar-refractivity contribution >= 4 is 21.9 Å².